The first kappa shape index (κ1) is 18.7. The Balaban J connectivity index is 1.56. The lowest BCUT2D eigenvalue weighted by atomic mass is 10.0. The molecular formula is C18H24F3N5. The van der Waals surface area contributed by atoms with Crippen LogP contribution in [-0.2, 0) is 13.2 Å². The Morgan fingerprint density at radius 1 is 1.23 bits per heavy atom. The van der Waals surface area contributed by atoms with E-state index in [0.717, 1.165) is 44.6 Å². The Bertz CT molecular complexity index is 702. The molecule has 3 rings (SSSR count). The minimum Gasteiger partial charge on any atom is -0.357 e. The molecule has 0 aliphatic carbocycles. The minimum atomic E-state index is -4.34. The van der Waals surface area contributed by atoms with Gasteiger partial charge in [0.15, 0.2) is 0 Å². The lowest BCUT2D eigenvalue weighted by Crippen LogP contribution is -2.44. The summed E-state index contributed by atoms with van der Waals surface area (Å²) in [5, 5.41) is 7.93. The molecule has 142 valence electrons. The minimum absolute atomic E-state index is 0.253. The largest absolute Gasteiger partial charge is 0.417 e. The van der Waals surface area contributed by atoms with E-state index >= 15 is 0 Å². The lowest BCUT2D eigenvalue weighted by Gasteiger charge is -2.35. The lowest BCUT2D eigenvalue weighted by molar-refractivity contribution is -0.137. The van der Waals surface area contributed by atoms with Crippen molar-refractivity contribution in [2.45, 2.75) is 44.4 Å². The van der Waals surface area contributed by atoms with Crippen molar-refractivity contribution in [1.29, 1.82) is 0 Å². The van der Waals surface area contributed by atoms with E-state index < -0.39 is 11.7 Å². The average Bonchev–Trinajstić information content (AvgIpc) is 3.05. The third-order valence-corrected chi connectivity index (χ3v) is 4.96. The van der Waals surface area contributed by atoms with Gasteiger partial charge >= 0.3 is 6.18 Å². The topological polar surface area (TPSA) is 46.0 Å². The molecule has 2 aromatic rings. The maximum absolute atomic E-state index is 12.6. The summed E-state index contributed by atoms with van der Waals surface area (Å²) in [5.41, 5.74) is 0.458. The number of alkyl halides is 3. The molecule has 0 amide bonds. The Kier molecular flexibility index (Phi) is 5.50. The van der Waals surface area contributed by atoms with Crippen LogP contribution >= 0.6 is 0 Å². The van der Waals surface area contributed by atoms with Crippen molar-refractivity contribution in [2.24, 2.45) is 7.05 Å². The van der Waals surface area contributed by atoms with Crippen molar-refractivity contribution in [2.75, 3.05) is 18.0 Å². The predicted octanol–water partition coefficient (Wildman–Crippen LogP) is 3.54. The van der Waals surface area contributed by atoms with Crippen molar-refractivity contribution < 1.29 is 13.2 Å². The number of hydrogen-bond acceptors (Lipinski definition) is 4. The zero-order chi connectivity index (χ0) is 18.7. The molecule has 0 aromatic carbocycles. The van der Waals surface area contributed by atoms with Gasteiger partial charge in [-0.3, -0.25) is 4.68 Å². The summed E-state index contributed by atoms with van der Waals surface area (Å²) in [4.78, 5) is 6.04. The molecule has 0 unspecified atom stereocenters. The van der Waals surface area contributed by atoms with Gasteiger partial charge < -0.3 is 10.2 Å². The molecule has 5 nitrogen and oxygen atoms in total. The molecule has 1 atom stereocenters. The van der Waals surface area contributed by atoms with E-state index in [1.165, 1.54) is 11.8 Å². The number of pyridine rings is 1. The standard InChI is InChI=1S/C18H24F3N5/c1-3-15(16-6-9-23-25(16)2)24-14-7-10-26(11-8-14)17-5-4-13(12-22-17)18(19,20)21/h4-6,9,12,14-15,24H,3,7-8,10-11H2,1-2H3/t15-/m1/s1. The number of aryl methyl sites for hydroxylation is 1. The number of nitrogens with one attached hydrogen (secondary N) is 1. The van der Waals surface area contributed by atoms with Crippen molar-refractivity contribution in [3.63, 3.8) is 0 Å². The van der Waals surface area contributed by atoms with E-state index in [1.807, 2.05) is 22.7 Å². The molecule has 8 heteroatoms. The fourth-order valence-electron chi connectivity index (χ4n) is 3.44. The third-order valence-electron chi connectivity index (χ3n) is 4.96. The third kappa shape index (κ3) is 4.17. The summed E-state index contributed by atoms with van der Waals surface area (Å²) in [7, 11) is 1.94. The SMILES string of the molecule is CC[C@@H](NC1CCN(c2ccc(C(F)(F)F)cn2)CC1)c1ccnn1C. The molecule has 1 saturated heterocycles. The highest BCUT2D eigenvalue weighted by molar-refractivity contribution is 5.40. The second-order valence-electron chi connectivity index (χ2n) is 6.67. The summed E-state index contributed by atoms with van der Waals surface area (Å²) < 4.78 is 39.8. The zero-order valence-electron chi connectivity index (χ0n) is 15.0. The van der Waals surface area contributed by atoms with Gasteiger partial charge in [-0.1, -0.05) is 6.92 Å². The average molecular weight is 367 g/mol. The second-order valence-corrected chi connectivity index (χ2v) is 6.67. The first-order valence-corrected chi connectivity index (χ1v) is 8.90. The number of aromatic nitrogens is 3. The molecule has 1 aliphatic heterocycles. The van der Waals surface area contributed by atoms with Gasteiger partial charge in [0.2, 0.25) is 0 Å². The smallest absolute Gasteiger partial charge is 0.357 e. The second kappa shape index (κ2) is 7.65. The van der Waals surface area contributed by atoms with Gasteiger partial charge in [-0.25, -0.2) is 4.98 Å². The Morgan fingerprint density at radius 2 is 1.96 bits per heavy atom. The van der Waals surface area contributed by atoms with Crippen LogP contribution in [0.4, 0.5) is 19.0 Å². The first-order valence-electron chi connectivity index (χ1n) is 8.90. The highest BCUT2D eigenvalue weighted by Gasteiger charge is 2.31. The van der Waals surface area contributed by atoms with Crippen molar-refractivity contribution in [3.8, 4) is 0 Å². The molecule has 2 aromatic heterocycles. The van der Waals surface area contributed by atoms with Crippen LogP contribution in [0.25, 0.3) is 0 Å². The predicted molar refractivity (Wildman–Crippen MR) is 93.8 cm³/mol. The molecule has 3 heterocycles. The number of anilines is 1. The summed E-state index contributed by atoms with van der Waals surface area (Å²) in [6, 6.07) is 5.22. The van der Waals surface area contributed by atoms with Crippen LogP contribution in [0.2, 0.25) is 0 Å². The molecule has 1 aliphatic rings. The normalized spacial score (nSPS) is 17.5. The maximum Gasteiger partial charge on any atom is 0.417 e. The van der Waals surface area contributed by atoms with E-state index in [4.69, 9.17) is 0 Å². The molecular weight excluding hydrogens is 343 g/mol. The Labute approximate surface area is 151 Å². The highest BCUT2D eigenvalue weighted by Crippen LogP contribution is 2.30. The summed E-state index contributed by atoms with van der Waals surface area (Å²) >= 11 is 0. The molecule has 1 fully saturated rings. The number of nitrogens with zero attached hydrogens (tertiary/aromatic N) is 4. The van der Waals surface area contributed by atoms with Gasteiger partial charge in [-0.05, 0) is 37.5 Å². The quantitative estimate of drug-likeness (QED) is 0.878. The molecule has 0 bridgehead atoms. The molecule has 26 heavy (non-hydrogen) atoms. The number of piperidine rings is 1. The van der Waals surface area contributed by atoms with Crippen molar-refractivity contribution >= 4 is 5.82 Å². The van der Waals surface area contributed by atoms with Gasteiger partial charge in [0.25, 0.3) is 0 Å². The zero-order valence-corrected chi connectivity index (χ0v) is 15.0. The van der Waals surface area contributed by atoms with Gasteiger partial charge in [0, 0.05) is 44.6 Å². The fourth-order valence-corrected chi connectivity index (χ4v) is 3.44. The van der Waals surface area contributed by atoms with E-state index in [-0.39, 0.29) is 6.04 Å². The summed E-state index contributed by atoms with van der Waals surface area (Å²) in [5.74, 6) is 0.607. The van der Waals surface area contributed by atoms with Gasteiger partial charge in [-0.2, -0.15) is 18.3 Å². The summed E-state index contributed by atoms with van der Waals surface area (Å²) in [6.45, 7) is 3.70. The van der Waals surface area contributed by atoms with E-state index in [0.29, 0.717) is 11.9 Å². The monoisotopic (exact) mass is 367 g/mol. The Morgan fingerprint density at radius 3 is 2.46 bits per heavy atom. The van der Waals surface area contributed by atoms with Gasteiger partial charge in [-0.15, -0.1) is 0 Å². The van der Waals surface area contributed by atoms with Crippen LogP contribution in [0.15, 0.2) is 30.6 Å². The van der Waals surface area contributed by atoms with Gasteiger partial charge in [0.1, 0.15) is 5.82 Å². The first-order chi connectivity index (χ1) is 12.4. The van der Waals surface area contributed by atoms with Crippen LogP contribution in [0.3, 0.4) is 0 Å². The van der Waals surface area contributed by atoms with Gasteiger partial charge in [0.05, 0.1) is 11.3 Å². The maximum atomic E-state index is 12.6. The fraction of sp³-hybridized carbons (Fsp3) is 0.556. The number of halogens is 3. The van der Waals surface area contributed by atoms with Crippen molar-refractivity contribution in [3.05, 3.63) is 41.9 Å². The van der Waals surface area contributed by atoms with Crippen LogP contribution in [-0.4, -0.2) is 33.9 Å². The molecule has 0 spiro atoms. The summed E-state index contributed by atoms with van der Waals surface area (Å²) in [6.07, 6.45) is 1.20. The molecule has 1 N–H and O–H groups in total. The molecule has 0 saturated carbocycles. The van der Waals surface area contributed by atoms with Crippen LogP contribution < -0.4 is 10.2 Å². The van der Waals surface area contributed by atoms with Crippen molar-refractivity contribution in [1.82, 2.24) is 20.1 Å². The molecule has 0 radical (unpaired) electrons. The van der Waals surface area contributed by atoms with E-state index in [9.17, 15) is 13.2 Å². The highest BCUT2D eigenvalue weighted by atomic mass is 19.4. The number of hydrogen-bond donors (Lipinski definition) is 1. The van der Waals surface area contributed by atoms with E-state index in [2.05, 4.69) is 22.3 Å². The van der Waals surface area contributed by atoms with Crippen LogP contribution in [0, 0.1) is 0 Å². The Hall–Kier alpha value is -2.09. The van der Waals surface area contributed by atoms with E-state index in [1.54, 1.807) is 6.20 Å². The van der Waals surface area contributed by atoms with Crippen LogP contribution in [0.5, 0.6) is 0 Å². The number of rotatable bonds is 5. The van der Waals surface area contributed by atoms with Crippen LogP contribution in [0.1, 0.15) is 43.5 Å².